The molecule has 0 aromatic carbocycles. The van der Waals surface area contributed by atoms with E-state index >= 15 is 0 Å². The Labute approximate surface area is 108 Å². The monoisotopic (exact) mass is 326 g/mol. The maximum Gasteiger partial charge on any atom is 0.466 e. The molecule has 0 aromatic heterocycles. The second kappa shape index (κ2) is 10.2. The van der Waals surface area contributed by atoms with Gasteiger partial charge in [-0.25, -0.2) is 13.9 Å². The number of rotatable bonds is 2. The third-order valence-corrected chi connectivity index (χ3v) is 0.626. The zero-order chi connectivity index (χ0) is 16.4. The molecule has 0 rings (SSSR count). The molecule has 116 valence electrons. The van der Waals surface area contributed by atoms with E-state index in [-0.39, 0.29) is 5.57 Å². The van der Waals surface area contributed by atoms with Crippen LogP contribution in [0.2, 0.25) is 0 Å². The molecule has 0 spiro atoms. The summed E-state index contributed by atoms with van der Waals surface area (Å²) < 4.78 is 22.1. The molecule has 1 atom stereocenters. The van der Waals surface area contributed by atoms with Gasteiger partial charge in [0.2, 0.25) is 0 Å². The molecule has 0 aromatic rings. The summed E-state index contributed by atoms with van der Waals surface area (Å²) >= 11 is 0. The van der Waals surface area contributed by atoms with Crippen molar-refractivity contribution in [2.75, 3.05) is 0 Å². The number of phosphoric acid groups is 2. The Morgan fingerprint density at radius 2 is 1.26 bits per heavy atom. The van der Waals surface area contributed by atoms with Crippen molar-refractivity contribution in [1.29, 1.82) is 0 Å². The lowest BCUT2D eigenvalue weighted by molar-refractivity contribution is -0.159. The predicted molar refractivity (Wildman–Crippen MR) is 61.1 cm³/mol. The minimum absolute atomic E-state index is 0.288. The number of hydrogen-bond acceptors (Lipinski definition) is 5. The molecule has 13 heteroatoms. The van der Waals surface area contributed by atoms with Crippen LogP contribution in [0, 0.1) is 0 Å². The van der Waals surface area contributed by atoms with E-state index in [9.17, 15) is 4.79 Å². The molecule has 0 heterocycles. The first-order valence-corrected chi connectivity index (χ1v) is 7.28. The molecule has 0 bridgehead atoms. The Balaban J connectivity index is -0.000000219. The number of ether oxygens (including phenoxy) is 1. The van der Waals surface area contributed by atoms with Crippen molar-refractivity contribution in [1.82, 2.24) is 0 Å². The number of esters is 1. The highest BCUT2D eigenvalue weighted by Gasteiger charge is 2.04. The first-order chi connectivity index (χ1) is 8.04. The quantitative estimate of drug-likeness (QED) is 0.136. The molecule has 11 nitrogen and oxygen atoms in total. The lowest BCUT2D eigenvalue weighted by Crippen LogP contribution is -2.13. The van der Waals surface area contributed by atoms with Gasteiger partial charge in [-0.1, -0.05) is 6.58 Å². The first-order valence-electron chi connectivity index (χ1n) is 4.15. The summed E-state index contributed by atoms with van der Waals surface area (Å²) in [6.45, 7) is 6.20. The van der Waals surface area contributed by atoms with E-state index in [4.69, 9.17) is 43.6 Å². The molecule has 0 fully saturated rings. The Hall–Kier alpha value is -0.610. The lowest BCUT2D eigenvalue weighted by Gasteiger charge is -2.04. The van der Waals surface area contributed by atoms with Crippen LogP contribution in [0.15, 0.2) is 12.2 Å². The fourth-order valence-electron chi connectivity index (χ4n) is 0.255. The van der Waals surface area contributed by atoms with E-state index in [2.05, 4.69) is 11.3 Å². The van der Waals surface area contributed by atoms with Gasteiger partial charge in [-0.2, -0.15) is 0 Å². The maximum absolute atomic E-state index is 10.5. The molecular weight excluding hydrogens is 310 g/mol. The van der Waals surface area contributed by atoms with Crippen LogP contribution in [0.4, 0.5) is 0 Å². The molecule has 0 aliphatic rings. The SMILES string of the molecule is C=C(C)C(=O)OC(C)O.O=P(O)(O)O.O=P(O)(O)O. The Bertz CT molecular complexity index is 327. The highest BCUT2D eigenvalue weighted by atomic mass is 31.2. The van der Waals surface area contributed by atoms with E-state index in [0.717, 1.165) is 0 Å². The Morgan fingerprint density at radius 1 is 1.05 bits per heavy atom. The second-order valence-electron chi connectivity index (χ2n) is 2.81. The fourth-order valence-corrected chi connectivity index (χ4v) is 0.255. The third-order valence-electron chi connectivity index (χ3n) is 0.626. The summed E-state index contributed by atoms with van der Waals surface area (Å²) in [5.74, 6) is -0.565. The third kappa shape index (κ3) is 75.4. The summed E-state index contributed by atoms with van der Waals surface area (Å²) in [5, 5.41) is 8.49. The smallest absolute Gasteiger partial charge is 0.433 e. The molecule has 7 N–H and O–H groups in total. The summed E-state index contributed by atoms with van der Waals surface area (Å²) in [4.78, 5) is 53.6. The van der Waals surface area contributed by atoms with Gasteiger partial charge in [0.05, 0.1) is 0 Å². The van der Waals surface area contributed by atoms with Crippen LogP contribution in [0.1, 0.15) is 13.8 Å². The van der Waals surface area contributed by atoms with Gasteiger partial charge in [-0.05, 0) is 13.8 Å². The highest BCUT2D eigenvalue weighted by Crippen LogP contribution is 2.26. The van der Waals surface area contributed by atoms with Gasteiger partial charge in [0.1, 0.15) is 0 Å². The van der Waals surface area contributed by atoms with Gasteiger partial charge in [-0.15, -0.1) is 0 Å². The molecular formula is C6H16O11P2. The van der Waals surface area contributed by atoms with Crippen LogP contribution < -0.4 is 0 Å². The lowest BCUT2D eigenvalue weighted by atomic mass is 10.4. The molecule has 0 aliphatic carbocycles. The topological polar surface area (TPSA) is 202 Å². The normalized spacial score (nSPS) is 12.1. The molecule has 0 radical (unpaired) electrons. The number of hydrogen-bond donors (Lipinski definition) is 7. The fraction of sp³-hybridized carbons (Fsp3) is 0.500. The van der Waals surface area contributed by atoms with E-state index in [1.54, 1.807) is 0 Å². The van der Waals surface area contributed by atoms with E-state index in [1.165, 1.54) is 13.8 Å². The van der Waals surface area contributed by atoms with E-state index in [0.29, 0.717) is 0 Å². The summed E-state index contributed by atoms with van der Waals surface area (Å²) in [6.07, 6.45) is -1.05. The Kier molecular flexibility index (Phi) is 12.6. The largest absolute Gasteiger partial charge is 0.466 e. The maximum atomic E-state index is 10.5. The van der Waals surface area contributed by atoms with Crippen molar-refractivity contribution in [2.45, 2.75) is 20.1 Å². The van der Waals surface area contributed by atoms with Crippen LogP contribution in [0.25, 0.3) is 0 Å². The zero-order valence-corrected chi connectivity index (χ0v) is 11.7. The van der Waals surface area contributed by atoms with Crippen molar-refractivity contribution >= 4 is 21.6 Å². The van der Waals surface area contributed by atoms with Crippen molar-refractivity contribution in [2.24, 2.45) is 0 Å². The van der Waals surface area contributed by atoms with Gasteiger partial charge in [0.15, 0.2) is 6.29 Å². The number of carbonyl (C=O) groups is 1. The molecule has 0 amide bonds. The van der Waals surface area contributed by atoms with Crippen LogP contribution >= 0.6 is 15.6 Å². The van der Waals surface area contributed by atoms with Crippen molar-refractivity contribution in [3.8, 4) is 0 Å². The van der Waals surface area contributed by atoms with Crippen molar-refractivity contribution in [3.63, 3.8) is 0 Å². The van der Waals surface area contributed by atoms with E-state index in [1.807, 2.05) is 0 Å². The average molecular weight is 326 g/mol. The van der Waals surface area contributed by atoms with Crippen LogP contribution in [-0.2, 0) is 18.7 Å². The zero-order valence-electron chi connectivity index (χ0n) is 9.94. The number of aliphatic hydroxyl groups excluding tert-OH is 1. The molecule has 19 heavy (non-hydrogen) atoms. The summed E-state index contributed by atoms with van der Waals surface area (Å²) in [6, 6.07) is 0. The van der Waals surface area contributed by atoms with Gasteiger partial charge in [0.25, 0.3) is 0 Å². The van der Waals surface area contributed by atoms with Gasteiger partial charge >= 0.3 is 21.6 Å². The van der Waals surface area contributed by atoms with Crippen molar-refractivity contribution < 1.29 is 53.1 Å². The second-order valence-corrected chi connectivity index (χ2v) is 4.86. The molecule has 0 saturated heterocycles. The van der Waals surface area contributed by atoms with Crippen LogP contribution in [-0.4, -0.2) is 46.7 Å². The minimum Gasteiger partial charge on any atom is -0.433 e. The van der Waals surface area contributed by atoms with Crippen molar-refractivity contribution in [3.05, 3.63) is 12.2 Å². The molecule has 0 saturated carbocycles. The molecule has 1 unspecified atom stereocenters. The summed E-state index contributed by atoms with van der Waals surface area (Å²) in [7, 11) is -9.28. The van der Waals surface area contributed by atoms with E-state index < -0.39 is 27.9 Å². The van der Waals surface area contributed by atoms with Gasteiger partial charge < -0.3 is 39.2 Å². The first kappa shape index (κ1) is 23.5. The van der Waals surface area contributed by atoms with Gasteiger partial charge in [0, 0.05) is 5.57 Å². The molecule has 0 aliphatic heterocycles. The average Bonchev–Trinajstić information content (AvgIpc) is 1.94. The Morgan fingerprint density at radius 3 is 1.32 bits per heavy atom. The van der Waals surface area contributed by atoms with Crippen LogP contribution in [0.3, 0.4) is 0 Å². The standard InChI is InChI=1S/C6H10O3.2H3O4P/c1-4(2)6(8)9-5(3)7;2*1-5(2,3)4/h5,7H,1H2,2-3H3;2*(H3,1,2,3,4). The van der Waals surface area contributed by atoms with Crippen LogP contribution in [0.5, 0.6) is 0 Å². The predicted octanol–water partition coefficient (Wildman–Crippen LogP) is -1.41. The minimum atomic E-state index is -4.64. The number of carbonyl (C=O) groups excluding carboxylic acids is 1. The summed E-state index contributed by atoms with van der Waals surface area (Å²) in [5.41, 5.74) is 0.288. The highest BCUT2D eigenvalue weighted by molar-refractivity contribution is 7.45. The number of aliphatic hydroxyl groups is 1. The van der Waals surface area contributed by atoms with Gasteiger partial charge in [-0.3, -0.25) is 0 Å².